The smallest absolute Gasteiger partial charge is 0.436 e. The topological polar surface area (TPSA) is 90.4 Å². The first kappa shape index (κ1) is 14.0. The average molecular weight is 256 g/mol. The van der Waals surface area contributed by atoms with Crippen molar-refractivity contribution in [2.24, 2.45) is 0 Å². The summed E-state index contributed by atoms with van der Waals surface area (Å²) < 4.78 is 10.3. The Hall–Kier alpha value is -2.05. The molecular weight excluding hydrogens is 240 g/mol. The summed E-state index contributed by atoms with van der Waals surface area (Å²) in [7, 11) is 0. The third-order valence-corrected chi connectivity index (χ3v) is 1.84. The molecule has 1 aromatic heterocycles. The Morgan fingerprint density at radius 2 is 2.00 bits per heavy atom. The third kappa shape index (κ3) is 3.22. The Kier molecular flexibility index (Phi) is 3.95. The zero-order valence-corrected chi connectivity index (χ0v) is 10.8. The monoisotopic (exact) mass is 256 g/mol. The van der Waals surface area contributed by atoms with Crippen LogP contribution in [0.5, 0.6) is 0 Å². The molecule has 0 aromatic carbocycles. The Morgan fingerprint density at radius 3 is 2.50 bits per heavy atom. The van der Waals surface area contributed by atoms with Gasteiger partial charge in [-0.1, -0.05) is 0 Å². The lowest BCUT2D eigenvalue weighted by molar-refractivity contribution is 0.0508. The van der Waals surface area contributed by atoms with Gasteiger partial charge in [-0.05, 0) is 27.7 Å². The molecule has 1 rings (SSSR count). The lowest BCUT2D eigenvalue weighted by Gasteiger charge is -2.18. The third-order valence-electron chi connectivity index (χ3n) is 1.84. The van der Waals surface area contributed by atoms with Crippen molar-refractivity contribution in [2.45, 2.75) is 33.3 Å². The summed E-state index contributed by atoms with van der Waals surface area (Å²) in [6.07, 6.45) is 0.243. The maximum absolute atomic E-state index is 11.7. The largest absolute Gasteiger partial charge is 0.462 e. The van der Waals surface area contributed by atoms with Gasteiger partial charge < -0.3 is 9.47 Å². The quantitative estimate of drug-likeness (QED) is 0.801. The first-order chi connectivity index (χ1) is 8.26. The molecule has 0 bridgehead atoms. The van der Waals surface area contributed by atoms with Crippen LogP contribution in [0.4, 0.5) is 4.79 Å². The maximum atomic E-state index is 11.7. The molecule has 100 valence electrons. The van der Waals surface area contributed by atoms with Crippen LogP contribution < -0.4 is 5.56 Å². The van der Waals surface area contributed by atoms with E-state index in [0.29, 0.717) is 4.68 Å². The average Bonchev–Trinajstić information content (AvgIpc) is 2.57. The van der Waals surface area contributed by atoms with E-state index < -0.39 is 23.2 Å². The Morgan fingerprint density at radius 1 is 1.39 bits per heavy atom. The molecule has 0 fully saturated rings. The summed E-state index contributed by atoms with van der Waals surface area (Å²) in [6, 6.07) is 0. The van der Waals surface area contributed by atoms with Crippen LogP contribution in [0.1, 0.15) is 38.1 Å². The molecule has 0 aliphatic carbocycles. The van der Waals surface area contributed by atoms with E-state index in [1.165, 1.54) is 0 Å². The number of hydrogen-bond acceptors (Lipinski definition) is 5. The molecule has 0 radical (unpaired) electrons. The van der Waals surface area contributed by atoms with Crippen LogP contribution >= 0.6 is 0 Å². The van der Waals surface area contributed by atoms with Gasteiger partial charge >= 0.3 is 12.1 Å². The summed E-state index contributed by atoms with van der Waals surface area (Å²) in [4.78, 5) is 34.8. The van der Waals surface area contributed by atoms with Crippen molar-refractivity contribution in [3.8, 4) is 0 Å². The number of rotatable bonds is 2. The molecule has 0 saturated heterocycles. The summed E-state index contributed by atoms with van der Waals surface area (Å²) in [5.74, 6) is -0.777. The number of carbonyl (C=O) groups excluding carboxylic acids is 2. The molecule has 0 aliphatic heterocycles. The van der Waals surface area contributed by atoms with Gasteiger partial charge in [0.25, 0.3) is 5.56 Å². The fourth-order valence-electron chi connectivity index (χ4n) is 1.17. The summed E-state index contributed by atoms with van der Waals surface area (Å²) in [5.41, 5.74) is -1.75. The number of H-pyrrole nitrogens is 1. The molecule has 1 heterocycles. The number of aromatic amines is 1. The second-order valence-electron chi connectivity index (χ2n) is 4.53. The van der Waals surface area contributed by atoms with Crippen LogP contribution in [0, 0.1) is 0 Å². The van der Waals surface area contributed by atoms with E-state index in [2.05, 4.69) is 9.84 Å². The molecule has 0 spiro atoms. The van der Waals surface area contributed by atoms with Gasteiger partial charge in [0, 0.05) is 6.20 Å². The predicted octanol–water partition coefficient (Wildman–Crippen LogP) is 1.14. The van der Waals surface area contributed by atoms with E-state index in [1.54, 1.807) is 27.7 Å². The fraction of sp³-hybridized carbons (Fsp3) is 0.545. The predicted molar refractivity (Wildman–Crippen MR) is 62.6 cm³/mol. The molecular formula is C11H16N2O5. The van der Waals surface area contributed by atoms with Crippen LogP contribution in [0.25, 0.3) is 0 Å². The number of hydrogen-bond donors (Lipinski definition) is 1. The molecule has 0 aliphatic rings. The van der Waals surface area contributed by atoms with Crippen molar-refractivity contribution in [2.75, 3.05) is 6.61 Å². The Bertz CT molecular complexity index is 506. The second kappa shape index (κ2) is 5.07. The minimum Gasteiger partial charge on any atom is -0.462 e. The van der Waals surface area contributed by atoms with Crippen molar-refractivity contribution in [3.63, 3.8) is 0 Å². The molecule has 7 heteroatoms. The minimum atomic E-state index is -0.872. The lowest BCUT2D eigenvalue weighted by Crippen LogP contribution is -2.34. The van der Waals surface area contributed by atoms with E-state index in [0.717, 1.165) is 6.20 Å². The first-order valence-corrected chi connectivity index (χ1v) is 5.47. The zero-order chi connectivity index (χ0) is 13.9. The summed E-state index contributed by atoms with van der Waals surface area (Å²) in [5, 5.41) is 2.36. The highest BCUT2D eigenvalue weighted by Crippen LogP contribution is 2.07. The highest BCUT2D eigenvalue weighted by Gasteiger charge is 2.23. The Balaban J connectivity index is 2.97. The molecule has 1 aromatic rings. The normalized spacial score (nSPS) is 11.1. The Labute approximate surface area is 104 Å². The standard InChI is InChI=1S/C11H16N2O5/c1-5-17-9(15)7-6-12-13(8(7)14)10(16)18-11(2,3)4/h6,12H,5H2,1-4H3. The number of nitrogens with zero attached hydrogens (tertiary/aromatic N) is 1. The van der Waals surface area contributed by atoms with Crippen molar-refractivity contribution in [1.29, 1.82) is 0 Å². The van der Waals surface area contributed by atoms with Gasteiger partial charge in [-0.25, -0.2) is 9.59 Å². The maximum Gasteiger partial charge on any atom is 0.436 e. The highest BCUT2D eigenvalue weighted by atomic mass is 16.6. The van der Waals surface area contributed by atoms with Crippen molar-refractivity contribution < 1.29 is 19.1 Å². The highest BCUT2D eigenvalue weighted by molar-refractivity contribution is 5.89. The van der Waals surface area contributed by atoms with E-state index in [4.69, 9.17) is 4.74 Å². The van der Waals surface area contributed by atoms with Crippen LogP contribution in [0.15, 0.2) is 11.0 Å². The number of ether oxygens (including phenoxy) is 2. The molecule has 0 amide bonds. The van der Waals surface area contributed by atoms with E-state index in [-0.39, 0.29) is 12.2 Å². The number of carbonyl (C=O) groups is 2. The molecule has 0 saturated carbocycles. The zero-order valence-electron chi connectivity index (χ0n) is 10.8. The fourth-order valence-corrected chi connectivity index (χ4v) is 1.17. The van der Waals surface area contributed by atoms with Crippen LogP contribution in [0.3, 0.4) is 0 Å². The van der Waals surface area contributed by atoms with E-state index in [9.17, 15) is 14.4 Å². The second-order valence-corrected chi connectivity index (χ2v) is 4.53. The lowest BCUT2D eigenvalue weighted by atomic mass is 10.2. The van der Waals surface area contributed by atoms with Crippen molar-refractivity contribution in [1.82, 2.24) is 9.78 Å². The summed E-state index contributed by atoms with van der Waals surface area (Å²) in [6.45, 7) is 6.79. The first-order valence-electron chi connectivity index (χ1n) is 5.47. The van der Waals surface area contributed by atoms with Gasteiger partial charge in [-0.2, -0.15) is 0 Å². The molecule has 18 heavy (non-hydrogen) atoms. The number of nitrogens with one attached hydrogen (secondary N) is 1. The van der Waals surface area contributed by atoms with Crippen molar-refractivity contribution >= 4 is 12.1 Å². The summed E-state index contributed by atoms with van der Waals surface area (Å²) >= 11 is 0. The van der Waals surface area contributed by atoms with E-state index in [1.807, 2.05) is 0 Å². The van der Waals surface area contributed by atoms with Crippen LogP contribution in [-0.2, 0) is 9.47 Å². The molecule has 0 atom stereocenters. The van der Waals surface area contributed by atoms with Crippen molar-refractivity contribution in [3.05, 3.63) is 22.1 Å². The van der Waals surface area contributed by atoms with Gasteiger partial charge in [0.15, 0.2) is 0 Å². The molecule has 1 N–H and O–H groups in total. The van der Waals surface area contributed by atoms with Gasteiger partial charge in [0.1, 0.15) is 11.2 Å². The molecule has 7 nitrogen and oxygen atoms in total. The van der Waals surface area contributed by atoms with Gasteiger partial charge in [0.2, 0.25) is 0 Å². The minimum absolute atomic E-state index is 0.149. The molecule has 0 unspecified atom stereocenters. The van der Waals surface area contributed by atoms with Crippen LogP contribution in [-0.4, -0.2) is 34.1 Å². The van der Waals surface area contributed by atoms with Gasteiger partial charge in [-0.3, -0.25) is 9.89 Å². The van der Waals surface area contributed by atoms with Crippen LogP contribution in [0.2, 0.25) is 0 Å². The van der Waals surface area contributed by atoms with Gasteiger partial charge in [0.05, 0.1) is 6.61 Å². The number of esters is 1. The van der Waals surface area contributed by atoms with E-state index >= 15 is 0 Å². The number of aromatic nitrogens is 2. The van der Waals surface area contributed by atoms with Gasteiger partial charge in [-0.15, -0.1) is 4.68 Å². The SMILES string of the molecule is CCOC(=O)c1c[nH]n(C(=O)OC(C)(C)C)c1=O.